The highest BCUT2D eigenvalue weighted by molar-refractivity contribution is 6.07. The van der Waals surface area contributed by atoms with Gasteiger partial charge in [0.05, 0.1) is 11.7 Å². The zero-order chi connectivity index (χ0) is 17.5. The van der Waals surface area contributed by atoms with Gasteiger partial charge in [0.1, 0.15) is 0 Å². The van der Waals surface area contributed by atoms with Crippen molar-refractivity contribution in [2.24, 2.45) is 28.6 Å². The number of fused-ring (bicyclic) bond motifs is 5. The molecule has 4 aliphatic carbocycles. The van der Waals surface area contributed by atoms with Crippen LogP contribution in [-0.4, -0.2) is 27.7 Å². The van der Waals surface area contributed by atoms with Gasteiger partial charge in [-0.25, -0.2) is 0 Å². The van der Waals surface area contributed by atoms with E-state index >= 15 is 0 Å². The molecule has 24 heavy (non-hydrogen) atoms. The van der Waals surface area contributed by atoms with Crippen LogP contribution in [0.25, 0.3) is 0 Å². The summed E-state index contributed by atoms with van der Waals surface area (Å²) in [6.45, 7) is 12.4. The summed E-state index contributed by atoms with van der Waals surface area (Å²) in [6.07, 6.45) is 7.34. The van der Waals surface area contributed by atoms with E-state index in [-0.39, 0.29) is 28.4 Å². The Balaban J connectivity index is 1.80. The molecule has 0 saturated heterocycles. The van der Waals surface area contributed by atoms with Gasteiger partial charge in [-0.05, 0) is 43.1 Å². The second kappa shape index (κ2) is 4.70. The van der Waals surface area contributed by atoms with E-state index in [4.69, 9.17) is 0 Å². The average molecular weight is 328 g/mol. The molecule has 0 bridgehead atoms. The summed E-state index contributed by atoms with van der Waals surface area (Å²) in [5, 5.41) is 21.3. The Hall–Kier alpha value is -1.19. The van der Waals surface area contributed by atoms with Crippen molar-refractivity contribution >= 4 is 5.78 Å². The van der Waals surface area contributed by atoms with E-state index in [0.717, 1.165) is 31.3 Å². The maximum atomic E-state index is 12.7. The van der Waals surface area contributed by atoms with E-state index in [1.54, 1.807) is 0 Å². The highest BCUT2D eigenvalue weighted by atomic mass is 16.3. The van der Waals surface area contributed by atoms with Gasteiger partial charge < -0.3 is 10.2 Å². The number of carbonyl (C=O) groups excluding carboxylic acids is 1. The molecule has 0 aromatic rings. The maximum Gasteiger partial charge on any atom is 0.169 e. The average Bonchev–Trinajstić information content (AvgIpc) is 2.70. The Labute approximate surface area is 144 Å². The molecular weight excluding hydrogens is 300 g/mol. The zero-order valence-electron chi connectivity index (χ0n) is 14.7. The molecule has 130 valence electrons. The van der Waals surface area contributed by atoms with Crippen LogP contribution >= 0.6 is 0 Å². The van der Waals surface area contributed by atoms with E-state index in [2.05, 4.69) is 33.1 Å². The summed E-state index contributed by atoms with van der Waals surface area (Å²) in [7, 11) is 0. The highest BCUT2D eigenvalue weighted by Crippen LogP contribution is 2.66. The Morgan fingerprint density at radius 1 is 1.21 bits per heavy atom. The van der Waals surface area contributed by atoms with Crippen LogP contribution < -0.4 is 0 Å². The second-order valence-electron chi connectivity index (χ2n) is 9.05. The molecule has 0 radical (unpaired) electrons. The summed E-state index contributed by atoms with van der Waals surface area (Å²) in [5.74, 6) is 0.795. The van der Waals surface area contributed by atoms with Crippen molar-refractivity contribution in [2.75, 3.05) is 0 Å². The number of rotatable bonds is 0. The topological polar surface area (TPSA) is 57.5 Å². The quantitative estimate of drug-likeness (QED) is 0.530. The number of ketones is 1. The Bertz CT molecular complexity index is 677. The van der Waals surface area contributed by atoms with Gasteiger partial charge >= 0.3 is 0 Å². The number of allylic oxidation sites excluding steroid dienone is 3. The lowest BCUT2D eigenvalue weighted by atomic mass is 9.45. The van der Waals surface area contributed by atoms with Crippen molar-refractivity contribution < 1.29 is 15.0 Å². The van der Waals surface area contributed by atoms with Crippen molar-refractivity contribution in [2.45, 2.75) is 57.7 Å². The number of aliphatic hydroxyl groups is 2. The maximum absolute atomic E-state index is 12.7. The van der Waals surface area contributed by atoms with Crippen LogP contribution in [0.4, 0.5) is 0 Å². The van der Waals surface area contributed by atoms with Gasteiger partial charge in [0.25, 0.3) is 0 Å². The first-order valence-electron chi connectivity index (χ1n) is 9.17. The van der Waals surface area contributed by atoms with Crippen LogP contribution in [0.2, 0.25) is 0 Å². The smallest absolute Gasteiger partial charge is 0.169 e. The minimum Gasteiger partial charge on any atom is -0.393 e. The largest absolute Gasteiger partial charge is 0.393 e. The third-order valence-electron chi connectivity index (χ3n) is 8.01. The fourth-order valence-electron chi connectivity index (χ4n) is 6.41. The van der Waals surface area contributed by atoms with Gasteiger partial charge in [-0.3, -0.25) is 4.79 Å². The molecule has 2 N–H and O–H groups in total. The fraction of sp³-hybridized carbons (Fsp3) is 0.667. The number of hydrogen-bond donors (Lipinski definition) is 2. The van der Waals surface area contributed by atoms with Crippen molar-refractivity contribution in [3.8, 4) is 0 Å². The van der Waals surface area contributed by atoms with Crippen LogP contribution in [0.15, 0.2) is 36.5 Å². The van der Waals surface area contributed by atoms with Gasteiger partial charge in [0, 0.05) is 28.7 Å². The highest BCUT2D eigenvalue weighted by Gasteiger charge is 2.64. The van der Waals surface area contributed by atoms with Crippen molar-refractivity contribution in [1.29, 1.82) is 0 Å². The van der Waals surface area contributed by atoms with Gasteiger partial charge in [-0.1, -0.05) is 39.2 Å². The molecule has 3 heteroatoms. The van der Waals surface area contributed by atoms with Gasteiger partial charge in [-0.15, -0.1) is 0 Å². The van der Waals surface area contributed by atoms with Crippen LogP contribution in [0.1, 0.15) is 46.0 Å². The molecule has 3 fully saturated rings. The second-order valence-corrected chi connectivity index (χ2v) is 9.05. The summed E-state index contributed by atoms with van der Waals surface area (Å²) in [6, 6.07) is 0. The van der Waals surface area contributed by atoms with Crippen molar-refractivity contribution in [3.63, 3.8) is 0 Å². The van der Waals surface area contributed by atoms with Crippen molar-refractivity contribution in [1.82, 2.24) is 0 Å². The van der Waals surface area contributed by atoms with Gasteiger partial charge in [-0.2, -0.15) is 0 Å². The minimum atomic E-state index is -0.944. The van der Waals surface area contributed by atoms with Crippen LogP contribution in [0.3, 0.4) is 0 Å². The third-order valence-corrected chi connectivity index (χ3v) is 8.01. The summed E-state index contributed by atoms with van der Waals surface area (Å²) < 4.78 is 0. The number of aliphatic hydroxyl groups excluding tert-OH is 1. The van der Waals surface area contributed by atoms with E-state index in [1.165, 1.54) is 0 Å². The predicted molar refractivity (Wildman–Crippen MR) is 93.2 cm³/mol. The normalized spacial score (nSPS) is 53.6. The predicted octanol–water partition coefficient (Wildman–Crippen LogP) is 3.18. The summed E-state index contributed by atoms with van der Waals surface area (Å²) in [5.41, 5.74) is -0.0891. The molecule has 3 nitrogen and oxygen atoms in total. The first-order valence-corrected chi connectivity index (χ1v) is 9.17. The monoisotopic (exact) mass is 328 g/mol. The Morgan fingerprint density at radius 2 is 1.92 bits per heavy atom. The first-order chi connectivity index (χ1) is 11.1. The lowest BCUT2D eigenvalue weighted by Gasteiger charge is -2.60. The van der Waals surface area contributed by atoms with Gasteiger partial charge in [0.15, 0.2) is 5.78 Å². The lowest BCUT2D eigenvalue weighted by molar-refractivity contribution is -0.164. The van der Waals surface area contributed by atoms with E-state index in [9.17, 15) is 15.0 Å². The van der Waals surface area contributed by atoms with Crippen molar-refractivity contribution in [3.05, 3.63) is 36.5 Å². The zero-order valence-corrected chi connectivity index (χ0v) is 14.7. The molecule has 0 amide bonds. The molecule has 4 aliphatic rings. The molecule has 0 aromatic carbocycles. The summed E-state index contributed by atoms with van der Waals surface area (Å²) >= 11 is 0. The number of hydrogen-bond acceptors (Lipinski definition) is 3. The standard InChI is InChI=1S/C21H28O3/c1-12-13(2)18(23)19(3)8-7-16-15(17(12)19)6-10-21(24)11-14(22)5-9-20(16,21)4/h6,10,14-17,22,24H,1-2,5,7-9,11H2,3-4H3/t14?,15-,16-,17+,19+,20-,21?/m1/s1. The molecular formula is C21H28O3. The molecule has 4 rings (SSSR count). The summed E-state index contributed by atoms with van der Waals surface area (Å²) in [4.78, 5) is 12.7. The SMILES string of the molecule is C=C1C(=C)[C@H]2[C@@H]3C=CC4(O)CC(O)CC[C@]4(C)[C@@H]3CC[C@]2(C)C1=O. The van der Waals surface area contributed by atoms with E-state index in [0.29, 0.717) is 17.9 Å². The molecule has 0 heterocycles. The number of Topliss-reactive ketones (excluding diaryl/α,β-unsaturated/α-hetero) is 1. The number of carbonyl (C=O) groups is 1. The molecule has 7 atom stereocenters. The minimum absolute atomic E-state index is 0.0979. The third kappa shape index (κ3) is 1.72. The van der Waals surface area contributed by atoms with E-state index < -0.39 is 11.7 Å². The van der Waals surface area contributed by atoms with Crippen LogP contribution in [0.5, 0.6) is 0 Å². The Kier molecular flexibility index (Phi) is 3.19. The van der Waals surface area contributed by atoms with Crippen LogP contribution in [-0.2, 0) is 4.79 Å². The molecule has 0 spiro atoms. The van der Waals surface area contributed by atoms with Crippen LogP contribution in [0, 0.1) is 28.6 Å². The molecule has 0 aromatic heterocycles. The molecule has 2 unspecified atom stereocenters. The molecule has 0 aliphatic heterocycles. The molecule has 3 saturated carbocycles. The Morgan fingerprint density at radius 3 is 2.62 bits per heavy atom. The van der Waals surface area contributed by atoms with Gasteiger partial charge in [0.2, 0.25) is 0 Å². The fourth-order valence-corrected chi connectivity index (χ4v) is 6.41. The van der Waals surface area contributed by atoms with E-state index in [1.807, 2.05) is 6.08 Å². The first kappa shape index (κ1) is 16.3. The lowest BCUT2D eigenvalue weighted by Crippen LogP contribution is -2.60.